The lowest BCUT2D eigenvalue weighted by Crippen LogP contribution is -2.40. The summed E-state index contributed by atoms with van der Waals surface area (Å²) < 4.78 is 46.7. The van der Waals surface area contributed by atoms with Crippen LogP contribution in [0.4, 0.5) is 0 Å². The number of methoxy groups -OCH3 is 1. The molecule has 0 spiro atoms. The van der Waals surface area contributed by atoms with Gasteiger partial charge in [-0.2, -0.15) is 8.42 Å². The highest BCUT2D eigenvalue weighted by Crippen LogP contribution is 2.49. The van der Waals surface area contributed by atoms with Crippen molar-refractivity contribution in [3.8, 4) is 11.5 Å². The molecule has 4 rings (SSSR count). The molecule has 0 saturated carbocycles. The molecule has 0 amide bonds. The van der Waals surface area contributed by atoms with Gasteiger partial charge in [0.1, 0.15) is 11.5 Å². The molecule has 0 saturated heterocycles. The van der Waals surface area contributed by atoms with Gasteiger partial charge in [-0.15, -0.1) is 0 Å². The third kappa shape index (κ3) is 8.34. The van der Waals surface area contributed by atoms with Gasteiger partial charge >= 0.3 is 0 Å². The first kappa shape index (κ1) is 31.1. The van der Waals surface area contributed by atoms with Gasteiger partial charge in [-0.1, -0.05) is 93.5 Å². The summed E-state index contributed by atoms with van der Waals surface area (Å²) in [7, 11) is -2.05. The molecule has 7 heteroatoms. The lowest BCUT2D eigenvalue weighted by atomic mass is 9.66. The summed E-state index contributed by atoms with van der Waals surface area (Å²) in [5, 5.41) is 0. The molecular weight excluding hydrogens is 536 g/mol. The van der Waals surface area contributed by atoms with Crippen LogP contribution in [0.3, 0.4) is 0 Å². The van der Waals surface area contributed by atoms with Crippen molar-refractivity contribution in [3.63, 3.8) is 0 Å². The van der Waals surface area contributed by atoms with Crippen molar-refractivity contribution < 1.29 is 26.8 Å². The highest BCUT2D eigenvalue weighted by molar-refractivity contribution is 7.86. The average molecular weight is 581 g/mol. The minimum absolute atomic E-state index is 0.132. The van der Waals surface area contributed by atoms with E-state index in [9.17, 15) is 8.42 Å². The number of para-hydroxylation sites is 1. The summed E-state index contributed by atoms with van der Waals surface area (Å²) in [5.41, 5.74) is 3.44. The van der Waals surface area contributed by atoms with Crippen molar-refractivity contribution in [2.75, 3.05) is 27.1 Å². The largest absolute Gasteiger partial charge is 0.492 e. The number of hydrogen-bond donors (Lipinski definition) is 0. The van der Waals surface area contributed by atoms with Gasteiger partial charge in [0.25, 0.3) is 10.1 Å². The van der Waals surface area contributed by atoms with E-state index in [1.807, 2.05) is 25.1 Å². The van der Waals surface area contributed by atoms with Gasteiger partial charge in [-0.25, -0.2) is 0 Å². The molecule has 3 aromatic rings. The van der Waals surface area contributed by atoms with Crippen LogP contribution < -0.4 is 9.47 Å². The third-order valence-corrected chi connectivity index (χ3v) is 9.46. The monoisotopic (exact) mass is 580 g/mol. The third-order valence-electron chi connectivity index (χ3n) is 8.13. The van der Waals surface area contributed by atoms with Crippen molar-refractivity contribution in [1.29, 1.82) is 0 Å². The van der Waals surface area contributed by atoms with Crippen molar-refractivity contribution >= 4 is 10.1 Å². The van der Waals surface area contributed by atoms with E-state index >= 15 is 0 Å². The Hall–Kier alpha value is -2.87. The van der Waals surface area contributed by atoms with Crippen LogP contribution in [0.1, 0.15) is 80.9 Å². The molecule has 41 heavy (non-hydrogen) atoms. The Labute approximate surface area is 246 Å². The average Bonchev–Trinajstić information content (AvgIpc) is 2.98. The molecule has 1 aliphatic heterocycles. The lowest BCUT2D eigenvalue weighted by Gasteiger charge is -2.43. The number of unbranched alkanes of at least 4 members (excludes halogenated alkanes) is 6. The molecule has 222 valence electrons. The highest BCUT2D eigenvalue weighted by Gasteiger charge is 2.41. The van der Waals surface area contributed by atoms with Gasteiger partial charge in [-0.3, -0.25) is 4.18 Å². The number of ether oxygens (including phenoxy) is 3. The number of fused-ring (bicyclic) bond motifs is 1. The molecule has 0 bridgehead atoms. The SMILES string of the molecule is COCOc1ccc(C2(C)COc3ccccc3C2CCCCCCCCCOS(=O)(=O)c2ccc(C)cc2)cc1. The predicted molar refractivity (Wildman–Crippen MR) is 162 cm³/mol. The van der Waals surface area contributed by atoms with E-state index in [0.717, 1.165) is 55.6 Å². The second kappa shape index (κ2) is 14.9. The number of hydrogen-bond acceptors (Lipinski definition) is 6. The van der Waals surface area contributed by atoms with E-state index in [1.165, 1.54) is 24.0 Å². The molecular formula is C34H44O6S. The van der Waals surface area contributed by atoms with Crippen molar-refractivity contribution in [1.82, 2.24) is 0 Å². The first-order chi connectivity index (χ1) is 19.8. The number of benzene rings is 3. The minimum Gasteiger partial charge on any atom is -0.492 e. The Kier molecular flexibility index (Phi) is 11.3. The normalized spacial score (nSPS) is 18.5. The van der Waals surface area contributed by atoms with Gasteiger partial charge in [0, 0.05) is 18.4 Å². The quantitative estimate of drug-likeness (QED) is 0.0973. The summed E-state index contributed by atoms with van der Waals surface area (Å²) in [6, 6.07) is 23.6. The zero-order valence-electron chi connectivity index (χ0n) is 24.6. The summed E-state index contributed by atoms with van der Waals surface area (Å²) in [4.78, 5) is 0.222. The van der Waals surface area contributed by atoms with Crippen LogP contribution in [-0.2, 0) is 24.5 Å². The zero-order valence-corrected chi connectivity index (χ0v) is 25.5. The molecule has 0 aliphatic carbocycles. The molecule has 1 heterocycles. The molecule has 0 N–H and O–H groups in total. The second-order valence-electron chi connectivity index (χ2n) is 11.2. The predicted octanol–water partition coefficient (Wildman–Crippen LogP) is 7.94. The van der Waals surface area contributed by atoms with Crippen molar-refractivity contribution in [2.45, 2.75) is 81.4 Å². The summed E-state index contributed by atoms with van der Waals surface area (Å²) in [5.74, 6) is 2.17. The maximum atomic E-state index is 12.3. The maximum absolute atomic E-state index is 12.3. The van der Waals surface area contributed by atoms with E-state index in [4.69, 9.17) is 18.4 Å². The number of rotatable bonds is 16. The Bertz CT molecular complexity index is 1320. The first-order valence-corrected chi connectivity index (χ1v) is 16.1. The number of aryl methyl sites for hydroxylation is 1. The smallest absolute Gasteiger partial charge is 0.296 e. The Morgan fingerprint density at radius 1 is 0.854 bits per heavy atom. The van der Waals surface area contributed by atoms with Crippen molar-refractivity contribution in [2.24, 2.45) is 0 Å². The first-order valence-electron chi connectivity index (χ1n) is 14.7. The summed E-state index contributed by atoms with van der Waals surface area (Å²) >= 11 is 0. The Balaban J connectivity index is 1.21. The summed E-state index contributed by atoms with van der Waals surface area (Å²) in [6.07, 6.45) is 8.56. The molecule has 1 aliphatic rings. The van der Waals surface area contributed by atoms with Crippen LogP contribution >= 0.6 is 0 Å². The van der Waals surface area contributed by atoms with Gasteiger partial charge < -0.3 is 14.2 Å². The topological polar surface area (TPSA) is 71.1 Å². The van der Waals surface area contributed by atoms with Gasteiger partial charge in [0.05, 0.1) is 18.1 Å². The molecule has 2 atom stereocenters. The zero-order chi connectivity index (χ0) is 29.1. The van der Waals surface area contributed by atoms with E-state index in [0.29, 0.717) is 12.5 Å². The molecule has 0 aromatic heterocycles. The van der Waals surface area contributed by atoms with E-state index in [2.05, 4.69) is 37.3 Å². The van der Waals surface area contributed by atoms with Crippen LogP contribution in [0.5, 0.6) is 11.5 Å². The maximum Gasteiger partial charge on any atom is 0.296 e. The fourth-order valence-corrected chi connectivity index (χ4v) is 6.61. The van der Waals surface area contributed by atoms with E-state index in [-0.39, 0.29) is 23.7 Å². The van der Waals surface area contributed by atoms with Crippen LogP contribution in [0.2, 0.25) is 0 Å². The van der Waals surface area contributed by atoms with Gasteiger partial charge in [0.15, 0.2) is 6.79 Å². The fourth-order valence-electron chi connectivity index (χ4n) is 5.66. The highest BCUT2D eigenvalue weighted by atomic mass is 32.2. The standard InChI is InChI=1S/C34H44O6S/c1-27-16-22-30(23-17-27)41(35,36)40-24-12-8-6-4-5-7-9-14-32-31-13-10-11-15-33(31)38-25-34(32,2)28-18-20-29(21-19-28)39-26-37-3/h10-11,13,15-23,32H,4-9,12,14,24-26H2,1-3H3. The van der Waals surface area contributed by atoms with Crippen LogP contribution in [0.15, 0.2) is 77.7 Å². The van der Waals surface area contributed by atoms with E-state index in [1.54, 1.807) is 31.4 Å². The molecule has 0 fully saturated rings. The molecule has 3 aromatic carbocycles. The van der Waals surface area contributed by atoms with Gasteiger partial charge in [0.2, 0.25) is 0 Å². The van der Waals surface area contributed by atoms with E-state index < -0.39 is 10.1 Å². The molecule has 0 radical (unpaired) electrons. The minimum atomic E-state index is -3.67. The summed E-state index contributed by atoms with van der Waals surface area (Å²) in [6.45, 7) is 5.37. The molecule has 6 nitrogen and oxygen atoms in total. The van der Waals surface area contributed by atoms with Crippen LogP contribution in [-0.4, -0.2) is 35.5 Å². The van der Waals surface area contributed by atoms with Gasteiger partial charge in [-0.05, 0) is 61.2 Å². The van der Waals surface area contributed by atoms with Crippen LogP contribution in [0.25, 0.3) is 0 Å². The Morgan fingerprint density at radius 3 is 2.22 bits per heavy atom. The van der Waals surface area contributed by atoms with Crippen LogP contribution in [0, 0.1) is 6.92 Å². The Morgan fingerprint density at radius 2 is 1.51 bits per heavy atom. The fraction of sp³-hybridized carbons (Fsp3) is 0.471. The molecule has 2 unspecified atom stereocenters. The second-order valence-corrected chi connectivity index (χ2v) is 12.8. The lowest BCUT2D eigenvalue weighted by molar-refractivity contribution is 0.0510. The van der Waals surface area contributed by atoms with Crippen molar-refractivity contribution in [3.05, 3.63) is 89.5 Å².